The zero-order chi connectivity index (χ0) is 18.3. The zero-order valence-electron chi connectivity index (χ0n) is 16.7. The van der Waals surface area contributed by atoms with Crippen molar-refractivity contribution in [3.05, 3.63) is 35.9 Å². The number of hydrogen-bond donors (Lipinski definition) is 2. The number of halogens is 1. The predicted molar refractivity (Wildman–Crippen MR) is 121 cm³/mol. The van der Waals surface area contributed by atoms with Gasteiger partial charge < -0.3 is 20.1 Å². The molecular formula is C20H36IN3O2. The van der Waals surface area contributed by atoms with E-state index in [2.05, 4.69) is 55.5 Å². The highest BCUT2D eigenvalue weighted by molar-refractivity contribution is 14.0. The van der Waals surface area contributed by atoms with Gasteiger partial charge in [-0.3, -0.25) is 4.99 Å². The first-order chi connectivity index (χ1) is 12.1. The van der Waals surface area contributed by atoms with Crippen LogP contribution < -0.4 is 10.6 Å². The van der Waals surface area contributed by atoms with E-state index in [1.54, 1.807) is 0 Å². The fourth-order valence-electron chi connectivity index (χ4n) is 2.28. The molecule has 1 aromatic rings. The van der Waals surface area contributed by atoms with Crippen molar-refractivity contribution in [2.75, 3.05) is 32.8 Å². The molecule has 0 aliphatic carbocycles. The van der Waals surface area contributed by atoms with E-state index in [1.807, 2.05) is 18.2 Å². The Morgan fingerprint density at radius 3 is 2.35 bits per heavy atom. The van der Waals surface area contributed by atoms with Gasteiger partial charge in [-0.2, -0.15) is 0 Å². The Kier molecular flexibility index (Phi) is 15.8. The van der Waals surface area contributed by atoms with E-state index in [-0.39, 0.29) is 30.1 Å². The summed E-state index contributed by atoms with van der Waals surface area (Å²) in [6.45, 7) is 12.2. The largest absolute Gasteiger partial charge is 0.379 e. The van der Waals surface area contributed by atoms with Crippen LogP contribution in [0, 0.1) is 0 Å². The number of nitrogens with one attached hydrogen (secondary N) is 2. The molecule has 0 aliphatic heterocycles. The Bertz CT molecular complexity index is 469. The monoisotopic (exact) mass is 477 g/mol. The lowest BCUT2D eigenvalue weighted by Gasteiger charge is -2.14. The second-order valence-electron chi connectivity index (χ2n) is 6.24. The molecule has 0 radical (unpaired) electrons. The van der Waals surface area contributed by atoms with Gasteiger partial charge >= 0.3 is 0 Å². The van der Waals surface area contributed by atoms with Crippen LogP contribution in [-0.4, -0.2) is 44.9 Å². The summed E-state index contributed by atoms with van der Waals surface area (Å²) in [7, 11) is 0. The molecule has 0 aromatic heterocycles. The molecule has 5 nitrogen and oxygen atoms in total. The average Bonchev–Trinajstić information content (AvgIpc) is 2.61. The Balaban J connectivity index is 0.00000625. The lowest BCUT2D eigenvalue weighted by Crippen LogP contribution is -2.38. The van der Waals surface area contributed by atoms with Gasteiger partial charge in [0.05, 0.1) is 12.2 Å². The number of aliphatic imine (C=N–C) groups is 1. The summed E-state index contributed by atoms with van der Waals surface area (Å²) < 4.78 is 11.4. The third kappa shape index (κ3) is 12.5. The molecule has 150 valence electrons. The molecule has 1 aromatic carbocycles. The molecule has 26 heavy (non-hydrogen) atoms. The quantitative estimate of drug-likeness (QED) is 0.206. The van der Waals surface area contributed by atoms with Gasteiger partial charge in [-0.1, -0.05) is 30.3 Å². The van der Waals surface area contributed by atoms with Crippen molar-refractivity contribution in [3.8, 4) is 0 Å². The third-order valence-electron chi connectivity index (χ3n) is 3.62. The van der Waals surface area contributed by atoms with Gasteiger partial charge in [0.1, 0.15) is 0 Å². The lowest BCUT2D eigenvalue weighted by molar-refractivity contribution is 0.0652. The lowest BCUT2D eigenvalue weighted by atomic mass is 10.1. The SMILES string of the molecule is CCNC(=NCCCOC(C)c1ccccc1)NCCCOC(C)C.I. The molecule has 0 saturated carbocycles. The molecule has 0 spiro atoms. The van der Waals surface area contributed by atoms with E-state index in [4.69, 9.17) is 9.47 Å². The summed E-state index contributed by atoms with van der Waals surface area (Å²) in [6, 6.07) is 10.3. The normalized spacial score (nSPS) is 12.6. The Hall–Kier alpha value is -0.860. The van der Waals surface area contributed by atoms with Crippen LogP contribution in [0.25, 0.3) is 0 Å². The van der Waals surface area contributed by atoms with Gasteiger partial charge in [0, 0.05) is 32.8 Å². The molecule has 0 heterocycles. The molecule has 0 saturated heterocycles. The van der Waals surface area contributed by atoms with Gasteiger partial charge in [0.2, 0.25) is 0 Å². The van der Waals surface area contributed by atoms with E-state index in [9.17, 15) is 0 Å². The molecular weight excluding hydrogens is 441 g/mol. The number of ether oxygens (including phenoxy) is 2. The summed E-state index contributed by atoms with van der Waals surface area (Å²) in [5.74, 6) is 0.864. The smallest absolute Gasteiger partial charge is 0.191 e. The molecule has 6 heteroatoms. The second kappa shape index (κ2) is 16.3. The fourth-order valence-corrected chi connectivity index (χ4v) is 2.28. The highest BCUT2D eigenvalue weighted by Crippen LogP contribution is 2.15. The molecule has 2 N–H and O–H groups in total. The summed E-state index contributed by atoms with van der Waals surface area (Å²) in [5.41, 5.74) is 1.21. The van der Waals surface area contributed by atoms with E-state index in [1.165, 1.54) is 5.56 Å². The van der Waals surface area contributed by atoms with Crippen molar-refractivity contribution in [2.24, 2.45) is 4.99 Å². The number of rotatable bonds is 12. The molecule has 0 amide bonds. The van der Waals surface area contributed by atoms with E-state index < -0.39 is 0 Å². The molecule has 0 bridgehead atoms. The summed E-state index contributed by atoms with van der Waals surface area (Å²) >= 11 is 0. The Morgan fingerprint density at radius 2 is 1.69 bits per heavy atom. The first-order valence-electron chi connectivity index (χ1n) is 9.43. The van der Waals surface area contributed by atoms with Crippen LogP contribution in [0.5, 0.6) is 0 Å². The zero-order valence-corrected chi connectivity index (χ0v) is 19.0. The van der Waals surface area contributed by atoms with Crippen LogP contribution in [0.3, 0.4) is 0 Å². The fraction of sp³-hybridized carbons (Fsp3) is 0.650. The molecule has 1 rings (SSSR count). The van der Waals surface area contributed by atoms with Crippen LogP contribution in [0.2, 0.25) is 0 Å². The topological polar surface area (TPSA) is 54.9 Å². The average molecular weight is 477 g/mol. The molecule has 0 fully saturated rings. The number of benzene rings is 1. The van der Waals surface area contributed by atoms with Crippen molar-refractivity contribution >= 4 is 29.9 Å². The van der Waals surface area contributed by atoms with Crippen LogP contribution in [0.1, 0.15) is 52.2 Å². The first-order valence-corrected chi connectivity index (χ1v) is 9.43. The van der Waals surface area contributed by atoms with Crippen LogP contribution >= 0.6 is 24.0 Å². The van der Waals surface area contributed by atoms with Gasteiger partial charge in [-0.25, -0.2) is 0 Å². The Morgan fingerprint density at radius 1 is 1.00 bits per heavy atom. The highest BCUT2D eigenvalue weighted by atomic mass is 127. The Labute approximate surface area is 176 Å². The van der Waals surface area contributed by atoms with Crippen LogP contribution in [0.4, 0.5) is 0 Å². The van der Waals surface area contributed by atoms with Crippen molar-refractivity contribution in [2.45, 2.75) is 52.7 Å². The predicted octanol–water partition coefficient (Wildman–Crippen LogP) is 4.14. The molecule has 1 atom stereocenters. The maximum absolute atomic E-state index is 5.88. The third-order valence-corrected chi connectivity index (χ3v) is 3.62. The number of hydrogen-bond acceptors (Lipinski definition) is 3. The summed E-state index contributed by atoms with van der Waals surface area (Å²) in [6.07, 6.45) is 2.29. The van der Waals surface area contributed by atoms with Crippen molar-refractivity contribution < 1.29 is 9.47 Å². The summed E-state index contributed by atoms with van der Waals surface area (Å²) in [5, 5.41) is 6.60. The second-order valence-corrected chi connectivity index (χ2v) is 6.24. The standard InChI is InChI=1S/C20H35N3O2.HI/c1-5-21-20(22-13-9-15-24-17(2)3)23-14-10-16-25-18(4)19-11-7-6-8-12-19;/h6-8,11-12,17-18H,5,9-10,13-16H2,1-4H3,(H2,21,22,23);1H. The first kappa shape index (κ1) is 25.1. The van der Waals surface area contributed by atoms with Crippen LogP contribution in [0.15, 0.2) is 35.3 Å². The highest BCUT2D eigenvalue weighted by Gasteiger charge is 2.04. The maximum atomic E-state index is 5.88. The van der Waals surface area contributed by atoms with Gasteiger partial charge in [0.15, 0.2) is 5.96 Å². The maximum Gasteiger partial charge on any atom is 0.191 e. The van der Waals surface area contributed by atoms with Gasteiger partial charge in [0.25, 0.3) is 0 Å². The van der Waals surface area contributed by atoms with Crippen molar-refractivity contribution in [3.63, 3.8) is 0 Å². The summed E-state index contributed by atoms with van der Waals surface area (Å²) in [4.78, 5) is 4.59. The van der Waals surface area contributed by atoms with E-state index >= 15 is 0 Å². The van der Waals surface area contributed by atoms with Crippen molar-refractivity contribution in [1.29, 1.82) is 0 Å². The van der Waals surface area contributed by atoms with E-state index in [0.29, 0.717) is 12.7 Å². The van der Waals surface area contributed by atoms with Crippen molar-refractivity contribution in [1.82, 2.24) is 10.6 Å². The minimum absolute atomic E-state index is 0. The minimum atomic E-state index is 0. The minimum Gasteiger partial charge on any atom is -0.379 e. The molecule has 0 aliphatic rings. The molecule has 1 unspecified atom stereocenters. The van der Waals surface area contributed by atoms with Gasteiger partial charge in [-0.05, 0) is 46.1 Å². The van der Waals surface area contributed by atoms with Gasteiger partial charge in [-0.15, -0.1) is 24.0 Å². The van der Waals surface area contributed by atoms with Crippen LogP contribution in [-0.2, 0) is 9.47 Å². The number of guanidine groups is 1. The number of nitrogens with zero attached hydrogens (tertiary/aromatic N) is 1. The van der Waals surface area contributed by atoms with E-state index in [0.717, 1.165) is 45.0 Å².